The molecule has 0 aliphatic rings. The van der Waals surface area contributed by atoms with Gasteiger partial charge in [0.25, 0.3) is 11.6 Å². The Balaban J connectivity index is 1.91. The summed E-state index contributed by atoms with van der Waals surface area (Å²) in [6.07, 6.45) is -1.01. The molecule has 8 heteroatoms. The second-order valence-electron chi connectivity index (χ2n) is 6.29. The van der Waals surface area contributed by atoms with Crippen molar-refractivity contribution < 1.29 is 24.0 Å². The molecule has 0 spiro atoms. The fraction of sp³-hybridized carbons (Fsp3) is 0.250. The fourth-order valence-electron chi connectivity index (χ4n) is 2.44. The topological polar surface area (TPSA) is 116 Å². The summed E-state index contributed by atoms with van der Waals surface area (Å²) >= 11 is 0. The minimum Gasteiger partial charge on any atom is -0.453 e. The smallest absolute Gasteiger partial charge is 0.326 e. The number of nitro groups is 1. The van der Waals surface area contributed by atoms with E-state index in [2.05, 4.69) is 5.32 Å². The van der Waals surface area contributed by atoms with Crippen molar-refractivity contribution in [2.45, 2.75) is 26.9 Å². The number of Topliss-reactive ketones (excluding diaryl/α,β-unsaturated/α-hetero) is 1. The van der Waals surface area contributed by atoms with Crippen LogP contribution in [0.1, 0.15) is 38.8 Å². The zero-order valence-corrected chi connectivity index (χ0v) is 15.7. The predicted molar refractivity (Wildman–Crippen MR) is 101 cm³/mol. The van der Waals surface area contributed by atoms with Gasteiger partial charge in [-0.1, -0.05) is 18.2 Å². The van der Waals surface area contributed by atoms with E-state index < -0.39 is 29.4 Å². The summed E-state index contributed by atoms with van der Waals surface area (Å²) in [6, 6.07) is 10.3. The Morgan fingerprint density at radius 1 is 1.07 bits per heavy atom. The van der Waals surface area contributed by atoms with Crippen molar-refractivity contribution >= 4 is 23.3 Å². The number of carbonyl (C=O) groups is 3. The molecule has 1 N–H and O–H groups in total. The van der Waals surface area contributed by atoms with Gasteiger partial charge in [0.05, 0.1) is 4.92 Å². The second kappa shape index (κ2) is 8.90. The Kier molecular flexibility index (Phi) is 6.59. The molecule has 0 fully saturated rings. The van der Waals surface area contributed by atoms with Crippen molar-refractivity contribution in [2.75, 3.05) is 6.54 Å². The quantitative estimate of drug-likeness (QED) is 0.340. The van der Waals surface area contributed by atoms with Crippen molar-refractivity contribution in [1.29, 1.82) is 0 Å². The first kappa shape index (κ1) is 20.8. The molecule has 0 bridgehead atoms. The number of ketones is 1. The van der Waals surface area contributed by atoms with Crippen LogP contribution in [0.3, 0.4) is 0 Å². The summed E-state index contributed by atoms with van der Waals surface area (Å²) in [5.41, 5.74) is 2.24. The molecule has 0 unspecified atom stereocenters. The largest absolute Gasteiger partial charge is 0.453 e. The predicted octanol–water partition coefficient (Wildman–Crippen LogP) is 2.76. The number of non-ortho nitro benzene ring substituents is 1. The number of ether oxygens (including phenoxy) is 1. The third kappa shape index (κ3) is 5.23. The molecule has 0 radical (unpaired) electrons. The molecule has 0 aliphatic heterocycles. The SMILES string of the molecule is Cc1ccc(C(=O)[C@H](C)OC(=O)CNC(=O)c2cccc([N+](=O)[O-])c2)cc1C. The summed E-state index contributed by atoms with van der Waals surface area (Å²) in [6.45, 7) is 4.80. The van der Waals surface area contributed by atoms with Gasteiger partial charge in [-0.25, -0.2) is 0 Å². The van der Waals surface area contributed by atoms with Crippen molar-refractivity contribution in [1.82, 2.24) is 5.32 Å². The molecule has 0 saturated heterocycles. The zero-order valence-electron chi connectivity index (χ0n) is 15.7. The molecule has 0 saturated carbocycles. The molecular formula is C20H20N2O6. The van der Waals surface area contributed by atoms with Gasteiger partial charge in [-0.15, -0.1) is 0 Å². The van der Waals surface area contributed by atoms with Crippen LogP contribution in [0.15, 0.2) is 42.5 Å². The van der Waals surface area contributed by atoms with Crippen LogP contribution in [0.25, 0.3) is 0 Å². The first-order valence-electron chi connectivity index (χ1n) is 8.52. The fourth-order valence-corrected chi connectivity index (χ4v) is 2.44. The Morgan fingerprint density at radius 3 is 2.43 bits per heavy atom. The first-order valence-corrected chi connectivity index (χ1v) is 8.52. The molecular weight excluding hydrogens is 364 g/mol. The van der Waals surface area contributed by atoms with Crippen molar-refractivity contribution in [3.8, 4) is 0 Å². The number of carbonyl (C=O) groups excluding carboxylic acids is 3. The Morgan fingerprint density at radius 2 is 1.79 bits per heavy atom. The lowest BCUT2D eigenvalue weighted by molar-refractivity contribution is -0.384. The minimum absolute atomic E-state index is 0.0428. The molecule has 28 heavy (non-hydrogen) atoms. The number of rotatable bonds is 7. The number of nitro benzene ring substituents is 1. The van der Waals surface area contributed by atoms with E-state index in [1.165, 1.54) is 25.1 Å². The van der Waals surface area contributed by atoms with E-state index in [1.54, 1.807) is 12.1 Å². The van der Waals surface area contributed by atoms with Gasteiger partial charge in [-0.3, -0.25) is 24.5 Å². The molecule has 0 heterocycles. The number of nitrogens with one attached hydrogen (secondary N) is 1. The van der Waals surface area contributed by atoms with E-state index in [0.717, 1.165) is 17.2 Å². The highest BCUT2D eigenvalue weighted by Crippen LogP contribution is 2.14. The van der Waals surface area contributed by atoms with Gasteiger partial charge in [0.2, 0.25) is 5.78 Å². The van der Waals surface area contributed by atoms with Crippen molar-refractivity contribution in [3.63, 3.8) is 0 Å². The molecule has 2 aromatic carbocycles. The van der Waals surface area contributed by atoms with Crippen LogP contribution in [0, 0.1) is 24.0 Å². The lowest BCUT2D eigenvalue weighted by Gasteiger charge is -2.13. The van der Waals surface area contributed by atoms with Crippen LogP contribution >= 0.6 is 0 Å². The maximum atomic E-state index is 12.4. The maximum Gasteiger partial charge on any atom is 0.326 e. The summed E-state index contributed by atoms with van der Waals surface area (Å²) in [7, 11) is 0. The van der Waals surface area contributed by atoms with Crippen LogP contribution in [0.4, 0.5) is 5.69 Å². The normalized spacial score (nSPS) is 11.4. The second-order valence-corrected chi connectivity index (χ2v) is 6.29. The van der Waals surface area contributed by atoms with Gasteiger partial charge < -0.3 is 10.1 Å². The number of hydrogen-bond acceptors (Lipinski definition) is 6. The van der Waals surface area contributed by atoms with E-state index in [0.29, 0.717) is 5.56 Å². The standard InChI is InChI=1S/C20H20N2O6/c1-12-7-8-15(9-13(12)2)19(24)14(3)28-18(23)11-21-20(25)16-5-4-6-17(10-16)22(26)27/h4-10,14H,11H2,1-3H3,(H,21,25)/t14-/m0/s1. The monoisotopic (exact) mass is 384 g/mol. The molecule has 8 nitrogen and oxygen atoms in total. The lowest BCUT2D eigenvalue weighted by atomic mass is 10.0. The molecule has 1 amide bonds. The van der Waals surface area contributed by atoms with E-state index in [1.807, 2.05) is 19.9 Å². The van der Waals surface area contributed by atoms with Gasteiger partial charge in [0.1, 0.15) is 6.54 Å². The average molecular weight is 384 g/mol. The zero-order chi connectivity index (χ0) is 20.8. The van der Waals surface area contributed by atoms with Gasteiger partial charge in [0.15, 0.2) is 6.10 Å². The van der Waals surface area contributed by atoms with Crippen LogP contribution in [-0.4, -0.2) is 35.2 Å². The van der Waals surface area contributed by atoms with Gasteiger partial charge in [-0.05, 0) is 44.0 Å². The van der Waals surface area contributed by atoms with Gasteiger partial charge >= 0.3 is 5.97 Å². The summed E-state index contributed by atoms with van der Waals surface area (Å²) < 4.78 is 5.07. The van der Waals surface area contributed by atoms with E-state index >= 15 is 0 Å². The molecule has 2 rings (SSSR count). The third-order valence-electron chi connectivity index (χ3n) is 4.18. The van der Waals surface area contributed by atoms with E-state index in [-0.39, 0.29) is 17.0 Å². The van der Waals surface area contributed by atoms with Crippen molar-refractivity contribution in [2.24, 2.45) is 0 Å². The maximum absolute atomic E-state index is 12.4. The Labute approximate surface area is 161 Å². The number of nitrogens with zero attached hydrogens (tertiary/aromatic N) is 1. The number of benzene rings is 2. The number of amides is 1. The van der Waals surface area contributed by atoms with Gasteiger partial charge in [-0.2, -0.15) is 0 Å². The highest BCUT2D eigenvalue weighted by Gasteiger charge is 2.20. The first-order chi connectivity index (χ1) is 13.2. The van der Waals surface area contributed by atoms with Crippen LogP contribution in [-0.2, 0) is 9.53 Å². The van der Waals surface area contributed by atoms with E-state index in [4.69, 9.17) is 4.74 Å². The van der Waals surface area contributed by atoms with Gasteiger partial charge in [0, 0.05) is 23.3 Å². The lowest BCUT2D eigenvalue weighted by Crippen LogP contribution is -2.34. The minimum atomic E-state index is -1.01. The average Bonchev–Trinajstić information content (AvgIpc) is 2.67. The third-order valence-corrected chi connectivity index (χ3v) is 4.18. The highest BCUT2D eigenvalue weighted by atomic mass is 16.6. The number of aryl methyl sites for hydroxylation is 2. The molecule has 0 aromatic heterocycles. The van der Waals surface area contributed by atoms with Crippen LogP contribution in [0.2, 0.25) is 0 Å². The molecule has 0 aliphatic carbocycles. The molecule has 146 valence electrons. The number of hydrogen-bond donors (Lipinski definition) is 1. The summed E-state index contributed by atoms with van der Waals surface area (Å²) in [5, 5.41) is 13.1. The van der Waals surface area contributed by atoms with Crippen molar-refractivity contribution in [3.05, 3.63) is 74.8 Å². The summed E-state index contributed by atoms with van der Waals surface area (Å²) in [4.78, 5) is 46.5. The Bertz CT molecular complexity index is 938. The molecule has 1 atom stereocenters. The summed E-state index contributed by atoms with van der Waals surface area (Å²) in [5.74, 6) is -1.79. The number of esters is 1. The van der Waals surface area contributed by atoms with Crippen LogP contribution in [0.5, 0.6) is 0 Å². The Hall–Kier alpha value is -3.55. The highest BCUT2D eigenvalue weighted by molar-refractivity contribution is 6.01. The molecule has 2 aromatic rings. The van der Waals surface area contributed by atoms with E-state index in [9.17, 15) is 24.5 Å². The van der Waals surface area contributed by atoms with Crippen LogP contribution < -0.4 is 5.32 Å².